The van der Waals surface area contributed by atoms with E-state index in [9.17, 15) is 9.18 Å². The predicted octanol–water partition coefficient (Wildman–Crippen LogP) is 2.66. The summed E-state index contributed by atoms with van der Waals surface area (Å²) in [5.74, 6) is 4.61. The Morgan fingerprint density at radius 2 is 2.05 bits per heavy atom. The lowest BCUT2D eigenvalue weighted by atomic mass is 10.2. The van der Waals surface area contributed by atoms with E-state index in [1.165, 1.54) is 18.2 Å². The summed E-state index contributed by atoms with van der Waals surface area (Å²) >= 11 is 5.91. The lowest BCUT2D eigenvalue weighted by Crippen LogP contribution is -2.30. The average Bonchev–Trinajstić information content (AvgIpc) is 2.46. The van der Waals surface area contributed by atoms with Crippen LogP contribution in [-0.2, 0) is 6.61 Å². The summed E-state index contributed by atoms with van der Waals surface area (Å²) in [6.07, 6.45) is 0. The minimum atomic E-state index is -0.453. The van der Waals surface area contributed by atoms with Crippen LogP contribution in [-0.4, -0.2) is 5.91 Å². The van der Waals surface area contributed by atoms with Gasteiger partial charge in [-0.3, -0.25) is 10.2 Å². The molecular weight excluding hydrogens is 283 g/mol. The number of ether oxygens (including phenoxy) is 1. The molecule has 0 aliphatic heterocycles. The Hall–Kier alpha value is -2.11. The number of hydrazine groups is 1. The number of hydrogen-bond donors (Lipinski definition) is 2. The number of rotatable bonds is 4. The first-order valence-corrected chi connectivity index (χ1v) is 6.16. The second-order valence-electron chi connectivity index (χ2n) is 3.99. The highest BCUT2D eigenvalue weighted by molar-refractivity contribution is 6.31. The smallest absolute Gasteiger partial charge is 0.268 e. The number of carbonyl (C=O) groups is 1. The van der Waals surface area contributed by atoms with Gasteiger partial charge in [-0.25, -0.2) is 10.2 Å². The van der Waals surface area contributed by atoms with E-state index in [-0.39, 0.29) is 11.6 Å². The maximum absolute atomic E-state index is 12.9. The number of amides is 1. The van der Waals surface area contributed by atoms with Crippen molar-refractivity contribution in [2.75, 3.05) is 0 Å². The number of halogens is 2. The molecule has 0 saturated carbocycles. The summed E-state index contributed by atoms with van der Waals surface area (Å²) in [5, 5.41) is 0.269. The Kier molecular flexibility index (Phi) is 4.55. The van der Waals surface area contributed by atoms with Crippen LogP contribution < -0.4 is 16.0 Å². The Balaban J connectivity index is 2.17. The number of hydrogen-bond acceptors (Lipinski definition) is 3. The molecule has 0 aliphatic carbocycles. The van der Waals surface area contributed by atoms with Gasteiger partial charge in [0.2, 0.25) is 0 Å². The van der Waals surface area contributed by atoms with Crippen LogP contribution in [0.15, 0.2) is 42.5 Å². The number of nitrogens with two attached hydrogens (primary N) is 1. The summed E-state index contributed by atoms with van der Waals surface area (Å²) in [5.41, 5.74) is 2.98. The molecule has 104 valence electrons. The molecule has 2 aromatic rings. The van der Waals surface area contributed by atoms with Crippen molar-refractivity contribution in [1.29, 1.82) is 0 Å². The zero-order valence-electron chi connectivity index (χ0n) is 10.4. The van der Waals surface area contributed by atoms with E-state index in [2.05, 4.69) is 0 Å². The zero-order chi connectivity index (χ0) is 14.5. The molecule has 0 spiro atoms. The fraction of sp³-hybridized carbons (Fsp3) is 0.0714. The number of para-hydroxylation sites is 1. The molecule has 0 heterocycles. The molecule has 1 amide bonds. The Labute approximate surface area is 120 Å². The molecule has 2 aromatic carbocycles. The molecule has 0 aromatic heterocycles. The molecule has 0 bridgehead atoms. The monoisotopic (exact) mass is 294 g/mol. The molecule has 2 rings (SSSR count). The fourth-order valence-electron chi connectivity index (χ4n) is 1.65. The van der Waals surface area contributed by atoms with E-state index in [0.717, 1.165) is 0 Å². The molecular formula is C14H12ClFN2O2. The van der Waals surface area contributed by atoms with Gasteiger partial charge in [-0.15, -0.1) is 0 Å². The Morgan fingerprint density at radius 3 is 2.75 bits per heavy atom. The third-order valence-electron chi connectivity index (χ3n) is 2.66. The maximum Gasteiger partial charge on any atom is 0.268 e. The van der Waals surface area contributed by atoms with Crippen molar-refractivity contribution >= 4 is 17.5 Å². The van der Waals surface area contributed by atoms with E-state index in [4.69, 9.17) is 22.2 Å². The highest BCUT2D eigenvalue weighted by Crippen LogP contribution is 2.22. The predicted molar refractivity (Wildman–Crippen MR) is 73.8 cm³/mol. The minimum absolute atomic E-state index is 0.119. The van der Waals surface area contributed by atoms with Gasteiger partial charge >= 0.3 is 0 Å². The van der Waals surface area contributed by atoms with Crippen LogP contribution in [0.3, 0.4) is 0 Å². The standard InChI is InChI=1S/C14H12ClFN2O2/c15-12-7-10(16)6-5-9(12)8-20-13-4-2-1-3-11(13)14(19)18-17/h1-7H,8,17H2,(H,18,19). The summed E-state index contributed by atoms with van der Waals surface area (Å²) in [6.45, 7) is 0.119. The highest BCUT2D eigenvalue weighted by Gasteiger charge is 2.11. The second-order valence-corrected chi connectivity index (χ2v) is 4.40. The highest BCUT2D eigenvalue weighted by atomic mass is 35.5. The number of nitrogens with one attached hydrogen (secondary N) is 1. The van der Waals surface area contributed by atoms with Crippen molar-refractivity contribution in [3.05, 3.63) is 64.4 Å². The average molecular weight is 295 g/mol. The van der Waals surface area contributed by atoms with Crippen molar-refractivity contribution in [3.8, 4) is 5.75 Å². The summed E-state index contributed by atoms with van der Waals surface area (Å²) in [4.78, 5) is 11.6. The van der Waals surface area contributed by atoms with Gasteiger partial charge in [0.25, 0.3) is 5.91 Å². The molecule has 20 heavy (non-hydrogen) atoms. The van der Waals surface area contributed by atoms with E-state index in [1.54, 1.807) is 24.3 Å². The molecule has 6 heteroatoms. The van der Waals surface area contributed by atoms with Gasteiger partial charge in [-0.2, -0.15) is 0 Å². The molecule has 0 fully saturated rings. The molecule has 0 aliphatic rings. The molecule has 0 saturated heterocycles. The van der Waals surface area contributed by atoms with Crippen molar-refractivity contribution in [3.63, 3.8) is 0 Å². The lowest BCUT2D eigenvalue weighted by Gasteiger charge is -2.11. The molecule has 0 radical (unpaired) electrons. The SMILES string of the molecule is NNC(=O)c1ccccc1OCc1ccc(F)cc1Cl. The van der Waals surface area contributed by atoms with Crippen LogP contribution in [0.4, 0.5) is 4.39 Å². The molecule has 0 atom stereocenters. The van der Waals surface area contributed by atoms with E-state index < -0.39 is 11.7 Å². The van der Waals surface area contributed by atoms with Crippen LogP contribution in [0.2, 0.25) is 5.02 Å². The van der Waals surface area contributed by atoms with Crippen molar-refractivity contribution in [2.24, 2.45) is 5.84 Å². The number of benzene rings is 2. The Morgan fingerprint density at radius 1 is 1.30 bits per heavy atom. The van der Waals surface area contributed by atoms with Gasteiger partial charge < -0.3 is 4.74 Å². The minimum Gasteiger partial charge on any atom is -0.488 e. The fourth-order valence-corrected chi connectivity index (χ4v) is 1.87. The summed E-state index contributed by atoms with van der Waals surface area (Å²) < 4.78 is 18.5. The molecule has 0 unspecified atom stereocenters. The van der Waals surface area contributed by atoms with Crippen LogP contribution in [0.5, 0.6) is 5.75 Å². The topological polar surface area (TPSA) is 64.3 Å². The van der Waals surface area contributed by atoms with Gasteiger partial charge in [0.1, 0.15) is 18.2 Å². The van der Waals surface area contributed by atoms with Gasteiger partial charge in [0.15, 0.2) is 0 Å². The largest absolute Gasteiger partial charge is 0.488 e. The first-order chi connectivity index (χ1) is 9.61. The zero-order valence-corrected chi connectivity index (χ0v) is 11.2. The summed E-state index contributed by atoms with van der Waals surface area (Å²) in [7, 11) is 0. The molecule has 3 N–H and O–H groups in total. The van der Waals surface area contributed by atoms with Crippen molar-refractivity contribution in [1.82, 2.24) is 5.43 Å². The molecule has 4 nitrogen and oxygen atoms in total. The third kappa shape index (κ3) is 3.26. The maximum atomic E-state index is 12.9. The van der Waals surface area contributed by atoms with E-state index in [1.807, 2.05) is 5.43 Å². The van der Waals surface area contributed by atoms with E-state index in [0.29, 0.717) is 16.9 Å². The summed E-state index contributed by atoms with van der Waals surface area (Å²) in [6, 6.07) is 10.7. The number of carbonyl (C=O) groups excluding carboxylic acids is 1. The quantitative estimate of drug-likeness (QED) is 0.518. The van der Waals surface area contributed by atoms with Crippen molar-refractivity contribution in [2.45, 2.75) is 6.61 Å². The van der Waals surface area contributed by atoms with Gasteiger partial charge in [-0.1, -0.05) is 29.8 Å². The van der Waals surface area contributed by atoms with Crippen molar-refractivity contribution < 1.29 is 13.9 Å². The van der Waals surface area contributed by atoms with Crippen LogP contribution in [0.1, 0.15) is 15.9 Å². The van der Waals surface area contributed by atoms with Crippen LogP contribution >= 0.6 is 11.6 Å². The van der Waals surface area contributed by atoms with Gasteiger partial charge in [0.05, 0.1) is 10.6 Å². The van der Waals surface area contributed by atoms with Gasteiger partial charge in [0, 0.05) is 5.56 Å². The lowest BCUT2D eigenvalue weighted by molar-refractivity contribution is 0.0949. The first-order valence-electron chi connectivity index (χ1n) is 5.78. The Bertz CT molecular complexity index is 634. The van der Waals surface area contributed by atoms with Gasteiger partial charge in [-0.05, 0) is 24.3 Å². The normalized spacial score (nSPS) is 10.2. The second kappa shape index (κ2) is 6.36. The first kappa shape index (κ1) is 14.3. The third-order valence-corrected chi connectivity index (χ3v) is 3.01. The van der Waals surface area contributed by atoms with Crippen LogP contribution in [0, 0.1) is 5.82 Å². The van der Waals surface area contributed by atoms with Crippen LogP contribution in [0.25, 0.3) is 0 Å². The number of nitrogen functional groups attached to an aromatic ring is 1. The van der Waals surface area contributed by atoms with E-state index >= 15 is 0 Å².